The van der Waals surface area contributed by atoms with Crippen molar-refractivity contribution in [2.45, 2.75) is 0 Å². The van der Waals surface area contributed by atoms with Crippen molar-refractivity contribution >= 4 is 35.7 Å². The van der Waals surface area contributed by atoms with Gasteiger partial charge in [-0.15, -0.1) is 0 Å². The summed E-state index contributed by atoms with van der Waals surface area (Å²) in [6.45, 7) is 5.65. The molecule has 0 radical (unpaired) electrons. The summed E-state index contributed by atoms with van der Waals surface area (Å²) in [7, 11) is 0. The van der Waals surface area contributed by atoms with Gasteiger partial charge in [0.25, 0.3) is 0 Å². The van der Waals surface area contributed by atoms with Gasteiger partial charge in [-0.2, -0.15) is 20.1 Å². The van der Waals surface area contributed by atoms with Crippen LogP contribution in [0.4, 0.5) is 17.8 Å². The van der Waals surface area contributed by atoms with Crippen molar-refractivity contribution in [3.05, 3.63) is 34.9 Å². The van der Waals surface area contributed by atoms with Gasteiger partial charge in [0.1, 0.15) is 0 Å². The van der Waals surface area contributed by atoms with Crippen molar-refractivity contribution in [3.63, 3.8) is 0 Å². The second-order valence-electron chi connectivity index (χ2n) is 6.38. The summed E-state index contributed by atoms with van der Waals surface area (Å²) < 4.78 is 10.9. The van der Waals surface area contributed by atoms with Crippen LogP contribution < -0.4 is 15.2 Å². The third-order valence-electron chi connectivity index (χ3n) is 4.45. The van der Waals surface area contributed by atoms with Crippen LogP contribution in [0.1, 0.15) is 5.56 Å². The van der Waals surface area contributed by atoms with Crippen LogP contribution in [-0.4, -0.2) is 73.8 Å². The molecule has 2 aliphatic rings. The largest absolute Gasteiger partial charge is 0.378 e. The molecule has 0 bridgehead atoms. The number of hydrazone groups is 1. The van der Waals surface area contributed by atoms with E-state index in [0.29, 0.717) is 49.3 Å². The van der Waals surface area contributed by atoms with E-state index in [9.17, 15) is 0 Å². The van der Waals surface area contributed by atoms with Crippen molar-refractivity contribution in [1.82, 2.24) is 15.0 Å². The van der Waals surface area contributed by atoms with E-state index in [1.165, 1.54) is 0 Å². The van der Waals surface area contributed by atoms with Gasteiger partial charge in [-0.25, -0.2) is 5.43 Å². The number of nitrogens with zero attached hydrogens (tertiary/aromatic N) is 6. The van der Waals surface area contributed by atoms with E-state index in [0.717, 1.165) is 31.7 Å². The average Bonchev–Trinajstić information content (AvgIpc) is 2.76. The topological polar surface area (TPSA) is 88.0 Å². The highest BCUT2D eigenvalue weighted by molar-refractivity contribution is 6.30. The molecule has 1 aromatic heterocycles. The molecular weight excluding hydrogens is 382 g/mol. The van der Waals surface area contributed by atoms with E-state index in [2.05, 4.69) is 35.3 Å². The minimum absolute atomic E-state index is 0.406. The predicted octanol–water partition coefficient (Wildman–Crippen LogP) is 1.64. The molecule has 0 saturated carbocycles. The van der Waals surface area contributed by atoms with Crippen LogP contribution in [0.15, 0.2) is 29.4 Å². The number of aromatic nitrogens is 3. The maximum Gasteiger partial charge on any atom is 0.250 e. The highest BCUT2D eigenvalue weighted by atomic mass is 35.5. The van der Waals surface area contributed by atoms with Gasteiger partial charge in [0.05, 0.1) is 32.6 Å². The number of halogens is 1. The number of benzene rings is 1. The lowest BCUT2D eigenvalue weighted by atomic mass is 10.2. The zero-order chi connectivity index (χ0) is 19.2. The van der Waals surface area contributed by atoms with Crippen LogP contribution in [0.3, 0.4) is 0 Å². The second-order valence-corrected chi connectivity index (χ2v) is 6.82. The van der Waals surface area contributed by atoms with Crippen LogP contribution in [0.5, 0.6) is 0 Å². The Labute approximate surface area is 168 Å². The maximum atomic E-state index is 5.91. The first kappa shape index (κ1) is 18.9. The molecule has 0 atom stereocenters. The Balaban J connectivity index is 1.54. The van der Waals surface area contributed by atoms with E-state index in [1.807, 2.05) is 24.3 Å². The van der Waals surface area contributed by atoms with E-state index in [4.69, 9.17) is 21.1 Å². The van der Waals surface area contributed by atoms with Gasteiger partial charge in [-0.3, -0.25) is 0 Å². The summed E-state index contributed by atoms with van der Waals surface area (Å²) in [5.41, 5.74) is 3.85. The van der Waals surface area contributed by atoms with Crippen molar-refractivity contribution in [2.75, 3.05) is 67.8 Å². The first-order chi connectivity index (χ1) is 13.8. The van der Waals surface area contributed by atoms with Gasteiger partial charge >= 0.3 is 0 Å². The third-order valence-corrected chi connectivity index (χ3v) is 4.70. The molecule has 0 amide bonds. The Kier molecular flexibility index (Phi) is 6.15. The molecular formula is C18H22ClN7O2. The van der Waals surface area contributed by atoms with Crippen LogP contribution in [0.2, 0.25) is 5.02 Å². The van der Waals surface area contributed by atoms with Crippen molar-refractivity contribution in [3.8, 4) is 0 Å². The summed E-state index contributed by atoms with van der Waals surface area (Å²) in [6, 6.07) is 7.41. The molecule has 10 heteroatoms. The quantitative estimate of drug-likeness (QED) is 0.595. The number of hydrogen-bond donors (Lipinski definition) is 1. The fourth-order valence-corrected chi connectivity index (χ4v) is 3.05. The fourth-order valence-electron chi connectivity index (χ4n) is 2.93. The molecule has 0 spiro atoms. The average molecular weight is 404 g/mol. The maximum absolute atomic E-state index is 5.91. The summed E-state index contributed by atoms with van der Waals surface area (Å²) in [4.78, 5) is 18.0. The van der Waals surface area contributed by atoms with Crippen LogP contribution in [0.25, 0.3) is 0 Å². The Morgan fingerprint density at radius 3 is 1.93 bits per heavy atom. The van der Waals surface area contributed by atoms with Gasteiger partial charge in [-0.1, -0.05) is 23.7 Å². The van der Waals surface area contributed by atoms with E-state index in [-0.39, 0.29) is 0 Å². The van der Waals surface area contributed by atoms with Crippen LogP contribution in [-0.2, 0) is 9.47 Å². The summed E-state index contributed by atoms with van der Waals surface area (Å²) in [5, 5.41) is 4.94. The highest BCUT2D eigenvalue weighted by Crippen LogP contribution is 2.18. The SMILES string of the molecule is Clc1ccc(C=NNc2nc(N3CCOCC3)nc(N3CCOCC3)n2)cc1. The summed E-state index contributed by atoms with van der Waals surface area (Å²) >= 11 is 5.91. The fraction of sp³-hybridized carbons (Fsp3) is 0.444. The number of anilines is 3. The van der Waals surface area contributed by atoms with Gasteiger partial charge in [-0.05, 0) is 17.7 Å². The normalized spacial score (nSPS) is 17.9. The van der Waals surface area contributed by atoms with Crippen molar-refractivity contribution in [1.29, 1.82) is 0 Å². The number of morpholine rings is 2. The van der Waals surface area contributed by atoms with Gasteiger partial charge in [0, 0.05) is 31.2 Å². The minimum Gasteiger partial charge on any atom is -0.378 e. The lowest BCUT2D eigenvalue weighted by Crippen LogP contribution is -2.40. The smallest absolute Gasteiger partial charge is 0.250 e. The molecule has 2 fully saturated rings. The lowest BCUT2D eigenvalue weighted by molar-refractivity contribution is 0.121. The molecule has 0 unspecified atom stereocenters. The Bertz CT molecular complexity index is 770. The monoisotopic (exact) mass is 403 g/mol. The van der Waals surface area contributed by atoms with E-state index < -0.39 is 0 Å². The Hall–Kier alpha value is -2.49. The predicted molar refractivity (Wildman–Crippen MR) is 109 cm³/mol. The van der Waals surface area contributed by atoms with Gasteiger partial charge in [0.2, 0.25) is 17.8 Å². The van der Waals surface area contributed by atoms with Crippen LogP contribution in [0, 0.1) is 0 Å². The highest BCUT2D eigenvalue weighted by Gasteiger charge is 2.20. The van der Waals surface area contributed by atoms with E-state index >= 15 is 0 Å². The van der Waals surface area contributed by atoms with Gasteiger partial charge in [0.15, 0.2) is 0 Å². The molecule has 3 heterocycles. The third kappa shape index (κ3) is 4.86. The number of hydrogen-bond acceptors (Lipinski definition) is 9. The first-order valence-electron chi connectivity index (χ1n) is 9.24. The number of ether oxygens (including phenoxy) is 2. The molecule has 9 nitrogen and oxygen atoms in total. The van der Waals surface area contributed by atoms with Crippen molar-refractivity contribution in [2.24, 2.45) is 5.10 Å². The first-order valence-corrected chi connectivity index (χ1v) is 9.62. The van der Waals surface area contributed by atoms with Crippen LogP contribution >= 0.6 is 11.6 Å². The molecule has 2 saturated heterocycles. The standard InChI is InChI=1S/C18H22ClN7O2/c19-15-3-1-14(2-4-15)13-20-24-16-21-17(25-5-9-27-10-6-25)23-18(22-16)26-7-11-28-12-8-26/h1-4,13H,5-12H2,(H,21,22,23,24). The molecule has 0 aliphatic carbocycles. The van der Waals surface area contributed by atoms with Gasteiger partial charge < -0.3 is 19.3 Å². The molecule has 148 valence electrons. The molecule has 1 N–H and O–H groups in total. The Morgan fingerprint density at radius 1 is 0.857 bits per heavy atom. The molecule has 2 aromatic rings. The number of nitrogens with one attached hydrogen (secondary N) is 1. The molecule has 1 aromatic carbocycles. The zero-order valence-electron chi connectivity index (χ0n) is 15.4. The molecule has 2 aliphatic heterocycles. The zero-order valence-corrected chi connectivity index (χ0v) is 16.2. The van der Waals surface area contributed by atoms with Crippen molar-refractivity contribution < 1.29 is 9.47 Å². The minimum atomic E-state index is 0.406. The molecule has 4 rings (SSSR count). The lowest BCUT2D eigenvalue weighted by Gasteiger charge is -2.30. The summed E-state index contributed by atoms with van der Waals surface area (Å²) in [5.74, 6) is 1.66. The summed E-state index contributed by atoms with van der Waals surface area (Å²) in [6.07, 6.45) is 1.70. The Morgan fingerprint density at radius 2 is 1.39 bits per heavy atom. The second kappa shape index (κ2) is 9.13. The number of rotatable bonds is 5. The molecule has 28 heavy (non-hydrogen) atoms. The van der Waals surface area contributed by atoms with E-state index in [1.54, 1.807) is 6.21 Å².